The molecule has 2 aromatic heterocycles. The molecule has 0 aliphatic heterocycles. The molecule has 2 heterocycles. The lowest BCUT2D eigenvalue weighted by Gasteiger charge is -2.14. The van der Waals surface area contributed by atoms with Crippen molar-refractivity contribution in [1.82, 2.24) is 34.9 Å². The first-order valence-corrected chi connectivity index (χ1v) is 8.28. The highest BCUT2D eigenvalue weighted by Crippen LogP contribution is 2.34. The molecule has 0 unspecified atom stereocenters. The Morgan fingerprint density at radius 2 is 1.96 bits per heavy atom. The first-order chi connectivity index (χ1) is 11.8. The molecule has 7 nitrogen and oxygen atoms in total. The van der Waals surface area contributed by atoms with Gasteiger partial charge < -0.3 is 0 Å². The van der Waals surface area contributed by atoms with Crippen molar-refractivity contribution in [2.75, 3.05) is 7.05 Å². The zero-order valence-electron chi connectivity index (χ0n) is 13.8. The van der Waals surface area contributed by atoms with E-state index >= 15 is 0 Å². The van der Waals surface area contributed by atoms with Crippen LogP contribution in [0.2, 0.25) is 0 Å². The number of hydrogen-bond donors (Lipinski definition) is 0. The second kappa shape index (κ2) is 6.52. The van der Waals surface area contributed by atoms with Crippen LogP contribution in [0.15, 0.2) is 42.7 Å². The van der Waals surface area contributed by atoms with Gasteiger partial charge in [0.1, 0.15) is 0 Å². The number of nitrogens with zero attached hydrogens (tertiary/aromatic N) is 7. The van der Waals surface area contributed by atoms with Crippen molar-refractivity contribution < 1.29 is 0 Å². The molecule has 1 fully saturated rings. The summed E-state index contributed by atoms with van der Waals surface area (Å²) in [6, 6.07) is 10.9. The normalized spacial score (nSPS) is 14.4. The Morgan fingerprint density at radius 3 is 2.75 bits per heavy atom. The minimum Gasteiger partial charge on any atom is -0.295 e. The summed E-state index contributed by atoms with van der Waals surface area (Å²) in [5, 5.41) is 16.5. The van der Waals surface area contributed by atoms with Crippen LogP contribution in [0, 0.1) is 0 Å². The van der Waals surface area contributed by atoms with Gasteiger partial charge in [0.15, 0.2) is 5.82 Å². The fraction of sp³-hybridized carbons (Fsp3) is 0.412. The molecule has 7 heteroatoms. The Bertz CT molecular complexity index is 788. The maximum Gasteiger partial charge on any atom is 0.165 e. The zero-order chi connectivity index (χ0) is 16.4. The molecule has 3 aromatic rings. The maximum atomic E-state index is 4.46. The van der Waals surface area contributed by atoms with Gasteiger partial charge in [0.25, 0.3) is 0 Å². The number of benzene rings is 1. The molecule has 0 atom stereocenters. The van der Waals surface area contributed by atoms with Crippen molar-refractivity contribution in [2.45, 2.75) is 38.5 Å². The molecule has 0 N–H and O–H groups in total. The smallest absolute Gasteiger partial charge is 0.165 e. The summed E-state index contributed by atoms with van der Waals surface area (Å²) >= 11 is 0. The first kappa shape index (κ1) is 15.0. The molecule has 0 saturated heterocycles. The minimum atomic E-state index is 0.511. The van der Waals surface area contributed by atoms with E-state index in [1.165, 1.54) is 24.0 Å². The quantitative estimate of drug-likeness (QED) is 0.664. The average molecular weight is 323 g/mol. The summed E-state index contributed by atoms with van der Waals surface area (Å²) < 4.78 is 3.95. The first-order valence-electron chi connectivity index (χ1n) is 8.28. The van der Waals surface area contributed by atoms with Gasteiger partial charge in [-0.1, -0.05) is 30.3 Å². The maximum absolute atomic E-state index is 4.46. The summed E-state index contributed by atoms with van der Waals surface area (Å²) in [7, 11) is 2.08. The monoisotopic (exact) mass is 323 g/mol. The highest BCUT2D eigenvalue weighted by Gasteiger charge is 2.27. The molecule has 1 aromatic carbocycles. The lowest BCUT2D eigenvalue weighted by atomic mass is 10.2. The fourth-order valence-electron chi connectivity index (χ4n) is 2.87. The second-order valence-electron chi connectivity index (χ2n) is 6.47. The number of hydrogen-bond acceptors (Lipinski definition) is 5. The Kier molecular flexibility index (Phi) is 4.08. The summed E-state index contributed by atoms with van der Waals surface area (Å²) in [5.41, 5.74) is 2.45. The molecule has 124 valence electrons. The van der Waals surface area contributed by atoms with Gasteiger partial charge in [-0.2, -0.15) is 5.10 Å². The highest BCUT2D eigenvalue weighted by atomic mass is 15.6. The van der Waals surface area contributed by atoms with Crippen molar-refractivity contribution in [1.29, 1.82) is 0 Å². The summed E-state index contributed by atoms with van der Waals surface area (Å²) in [6.07, 6.45) is 6.42. The molecule has 1 aliphatic rings. The molecule has 0 amide bonds. The van der Waals surface area contributed by atoms with Crippen LogP contribution in [0.4, 0.5) is 0 Å². The van der Waals surface area contributed by atoms with E-state index in [1.807, 2.05) is 21.6 Å². The molecular formula is C17H21N7. The molecular weight excluding hydrogens is 302 g/mol. The third-order valence-corrected chi connectivity index (χ3v) is 4.19. The average Bonchev–Trinajstić information content (AvgIpc) is 3.17. The molecule has 0 spiro atoms. The summed E-state index contributed by atoms with van der Waals surface area (Å²) in [6.45, 7) is 2.37. The SMILES string of the molecule is CN(Cc1cnn(Cc2ccccc2)c1)Cc1nnnn1C1CC1. The molecule has 1 aliphatic carbocycles. The van der Waals surface area contributed by atoms with Crippen LogP contribution in [0.3, 0.4) is 0 Å². The van der Waals surface area contributed by atoms with Crippen LogP contribution in [-0.4, -0.2) is 41.9 Å². The predicted octanol–water partition coefficient (Wildman–Crippen LogP) is 1.88. The van der Waals surface area contributed by atoms with Crippen molar-refractivity contribution in [3.8, 4) is 0 Å². The largest absolute Gasteiger partial charge is 0.295 e. The number of aromatic nitrogens is 6. The van der Waals surface area contributed by atoms with Crippen molar-refractivity contribution in [3.05, 3.63) is 59.7 Å². The van der Waals surface area contributed by atoms with Crippen LogP contribution in [0.25, 0.3) is 0 Å². The van der Waals surface area contributed by atoms with Gasteiger partial charge in [0, 0.05) is 18.3 Å². The standard InChI is InChI=1S/C17H21N7/c1-22(13-17-19-20-21-24(17)16-7-8-16)10-15-9-18-23(12-15)11-14-5-3-2-4-6-14/h2-6,9,12,16H,7-8,10-11,13H2,1H3. The van der Waals surface area contributed by atoms with E-state index in [0.717, 1.165) is 25.5 Å². The van der Waals surface area contributed by atoms with Gasteiger partial charge in [-0.25, -0.2) is 4.68 Å². The van der Waals surface area contributed by atoms with E-state index in [1.54, 1.807) is 0 Å². The van der Waals surface area contributed by atoms with Crippen LogP contribution in [-0.2, 0) is 19.6 Å². The molecule has 0 radical (unpaired) electrons. The minimum absolute atomic E-state index is 0.511. The van der Waals surface area contributed by atoms with E-state index in [0.29, 0.717) is 6.04 Å². The number of rotatable bonds is 7. The van der Waals surface area contributed by atoms with E-state index < -0.39 is 0 Å². The lowest BCUT2D eigenvalue weighted by Crippen LogP contribution is -2.20. The summed E-state index contributed by atoms with van der Waals surface area (Å²) in [5.74, 6) is 0.941. The highest BCUT2D eigenvalue weighted by molar-refractivity contribution is 5.15. The lowest BCUT2D eigenvalue weighted by molar-refractivity contribution is 0.302. The Balaban J connectivity index is 1.36. The van der Waals surface area contributed by atoms with Crippen molar-refractivity contribution in [3.63, 3.8) is 0 Å². The van der Waals surface area contributed by atoms with E-state index in [-0.39, 0.29) is 0 Å². The Morgan fingerprint density at radius 1 is 1.12 bits per heavy atom. The van der Waals surface area contributed by atoms with Gasteiger partial charge in [-0.3, -0.25) is 9.58 Å². The third kappa shape index (κ3) is 3.51. The van der Waals surface area contributed by atoms with Gasteiger partial charge in [0.05, 0.1) is 25.3 Å². The van der Waals surface area contributed by atoms with Crippen LogP contribution < -0.4 is 0 Å². The van der Waals surface area contributed by atoms with Crippen LogP contribution >= 0.6 is 0 Å². The van der Waals surface area contributed by atoms with Crippen molar-refractivity contribution >= 4 is 0 Å². The molecule has 0 bridgehead atoms. The van der Waals surface area contributed by atoms with Gasteiger partial charge in [-0.15, -0.1) is 5.10 Å². The fourth-order valence-corrected chi connectivity index (χ4v) is 2.87. The Hall–Kier alpha value is -2.54. The predicted molar refractivity (Wildman–Crippen MR) is 89.0 cm³/mol. The van der Waals surface area contributed by atoms with Crippen LogP contribution in [0.5, 0.6) is 0 Å². The molecule has 24 heavy (non-hydrogen) atoms. The second-order valence-corrected chi connectivity index (χ2v) is 6.47. The zero-order valence-corrected chi connectivity index (χ0v) is 13.8. The molecule has 1 saturated carbocycles. The molecule has 4 rings (SSSR count). The van der Waals surface area contributed by atoms with E-state index in [9.17, 15) is 0 Å². The topological polar surface area (TPSA) is 64.7 Å². The summed E-state index contributed by atoms with van der Waals surface area (Å²) in [4.78, 5) is 2.22. The Labute approximate surface area is 140 Å². The number of tetrazole rings is 1. The van der Waals surface area contributed by atoms with Crippen molar-refractivity contribution in [2.24, 2.45) is 0 Å². The van der Waals surface area contributed by atoms with Gasteiger partial charge in [0.2, 0.25) is 0 Å². The van der Waals surface area contributed by atoms with E-state index in [2.05, 4.69) is 63.0 Å². The van der Waals surface area contributed by atoms with E-state index in [4.69, 9.17) is 0 Å². The third-order valence-electron chi connectivity index (χ3n) is 4.19. The van der Waals surface area contributed by atoms with Crippen LogP contribution in [0.1, 0.15) is 35.8 Å². The van der Waals surface area contributed by atoms with Gasteiger partial charge >= 0.3 is 0 Å². The van der Waals surface area contributed by atoms with Gasteiger partial charge in [-0.05, 0) is 35.9 Å².